The molecule has 0 fully saturated rings. The number of hydrogen-bond acceptors (Lipinski definition) is 7. The molecule has 0 aliphatic rings. The van der Waals surface area contributed by atoms with E-state index in [-0.39, 0.29) is 0 Å². The van der Waals surface area contributed by atoms with Gasteiger partial charge in [0.15, 0.2) is 11.6 Å². The molecular weight excluding hydrogens is 230 g/mol. The van der Waals surface area contributed by atoms with Gasteiger partial charge in [0.25, 0.3) is 0 Å². The number of hydrogen-bond donors (Lipinski definition) is 0. The topological polar surface area (TPSA) is 90.2 Å². The predicted molar refractivity (Wildman–Crippen MR) is 61.9 cm³/mol. The first kappa shape index (κ1) is 10.3. The maximum Gasteiger partial charge on any atom is 0.181 e. The predicted octanol–water partition coefficient (Wildman–Crippen LogP) is 0.786. The second kappa shape index (κ2) is 4.58. The van der Waals surface area contributed by atoms with Crippen LogP contribution in [0.15, 0.2) is 43.5 Å². The molecule has 0 aliphatic carbocycles. The summed E-state index contributed by atoms with van der Waals surface area (Å²) in [7, 11) is 0. The highest BCUT2D eigenvalue weighted by molar-refractivity contribution is 5.56. The molecule has 3 heterocycles. The fourth-order valence-electron chi connectivity index (χ4n) is 1.43. The molecule has 0 saturated heterocycles. The molecule has 7 nitrogen and oxygen atoms in total. The van der Waals surface area contributed by atoms with Crippen molar-refractivity contribution in [2.45, 2.75) is 0 Å². The Labute approximate surface area is 102 Å². The summed E-state index contributed by atoms with van der Waals surface area (Å²) in [6.07, 6.45) is 5.72. The quantitative estimate of drug-likeness (QED) is 0.650. The van der Waals surface area contributed by atoms with Gasteiger partial charge < -0.3 is 0 Å². The monoisotopic (exact) mass is 237 g/mol. The maximum atomic E-state index is 4.41. The standard InChI is InChI=1S/C11H7N7/c1-2-8(10-14-4-12-5-15-10)18-9(3-1)11-16-6-13-7-17-11/h1-7H. The first-order valence-corrected chi connectivity index (χ1v) is 5.15. The fraction of sp³-hybridized carbons (Fsp3) is 0. The van der Waals surface area contributed by atoms with Gasteiger partial charge in [-0.1, -0.05) is 6.07 Å². The average Bonchev–Trinajstić information content (AvgIpc) is 2.49. The molecule has 86 valence electrons. The van der Waals surface area contributed by atoms with Crippen molar-refractivity contribution in [1.82, 2.24) is 34.9 Å². The van der Waals surface area contributed by atoms with Crippen LogP contribution in [0.1, 0.15) is 0 Å². The molecule has 3 rings (SSSR count). The summed E-state index contributed by atoms with van der Waals surface area (Å²) < 4.78 is 0. The molecule has 0 bridgehead atoms. The van der Waals surface area contributed by atoms with Gasteiger partial charge in [0.05, 0.1) is 0 Å². The SMILES string of the molecule is c1cc(-c2ncncn2)nc(-c2ncncn2)c1. The summed E-state index contributed by atoms with van der Waals surface area (Å²) in [6, 6.07) is 5.49. The van der Waals surface area contributed by atoms with E-state index in [1.807, 2.05) is 18.2 Å². The molecule has 7 heteroatoms. The van der Waals surface area contributed by atoms with Crippen molar-refractivity contribution in [2.24, 2.45) is 0 Å². The van der Waals surface area contributed by atoms with Crippen molar-refractivity contribution in [3.63, 3.8) is 0 Å². The third kappa shape index (κ3) is 2.01. The summed E-state index contributed by atoms with van der Waals surface area (Å²) in [4.78, 5) is 28.1. The van der Waals surface area contributed by atoms with Gasteiger partial charge in [0.1, 0.15) is 36.7 Å². The second-order valence-corrected chi connectivity index (χ2v) is 3.33. The van der Waals surface area contributed by atoms with E-state index in [9.17, 15) is 0 Å². The van der Waals surface area contributed by atoms with Gasteiger partial charge in [-0.05, 0) is 12.1 Å². The van der Waals surface area contributed by atoms with Gasteiger partial charge in [-0.2, -0.15) is 0 Å². The summed E-state index contributed by atoms with van der Waals surface area (Å²) >= 11 is 0. The molecular formula is C11H7N7. The molecule has 0 amide bonds. The number of nitrogens with zero attached hydrogens (tertiary/aromatic N) is 7. The lowest BCUT2D eigenvalue weighted by Gasteiger charge is -2.01. The molecule has 0 aliphatic heterocycles. The summed E-state index contributed by atoms with van der Waals surface area (Å²) in [5.41, 5.74) is 1.30. The minimum Gasteiger partial charge on any atom is -0.241 e. The Kier molecular flexibility index (Phi) is 2.63. The first-order valence-electron chi connectivity index (χ1n) is 5.15. The lowest BCUT2D eigenvalue weighted by molar-refractivity contribution is 1.03. The third-order valence-electron chi connectivity index (χ3n) is 2.19. The third-order valence-corrected chi connectivity index (χ3v) is 2.19. The Morgan fingerprint density at radius 1 is 0.611 bits per heavy atom. The van der Waals surface area contributed by atoms with Crippen molar-refractivity contribution in [2.75, 3.05) is 0 Å². The molecule has 0 aromatic carbocycles. The number of pyridine rings is 1. The van der Waals surface area contributed by atoms with E-state index in [0.29, 0.717) is 23.0 Å². The van der Waals surface area contributed by atoms with E-state index in [4.69, 9.17) is 0 Å². The van der Waals surface area contributed by atoms with Crippen molar-refractivity contribution < 1.29 is 0 Å². The largest absolute Gasteiger partial charge is 0.241 e. The van der Waals surface area contributed by atoms with Crippen molar-refractivity contribution >= 4 is 0 Å². The number of rotatable bonds is 2. The second-order valence-electron chi connectivity index (χ2n) is 3.33. The normalized spacial score (nSPS) is 10.2. The van der Waals surface area contributed by atoms with Gasteiger partial charge in [-0.15, -0.1) is 0 Å². The van der Waals surface area contributed by atoms with Crippen LogP contribution in [0.2, 0.25) is 0 Å². The van der Waals surface area contributed by atoms with E-state index in [1.54, 1.807) is 0 Å². The highest BCUT2D eigenvalue weighted by Crippen LogP contribution is 2.15. The van der Waals surface area contributed by atoms with E-state index < -0.39 is 0 Å². The smallest absolute Gasteiger partial charge is 0.181 e. The van der Waals surface area contributed by atoms with Gasteiger partial charge in [0.2, 0.25) is 0 Å². The van der Waals surface area contributed by atoms with Crippen LogP contribution >= 0.6 is 0 Å². The van der Waals surface area contributed by atoms with E-state index in [1.165, 1.54) is 25.3 Å². The van der Waals surface area contributed by atoms with E-state index >= 15 is 0 Å². The zero-order valence-corrected chi connectivity index (χ0v) is 9.17. The van der Waals surface area contributed by atoms with Crippen LogP contribution in [0.3, 0.4) is 0 Å². The molecule has 3 aromatic rings. The molecule has 18 heavy (non-hydrogen) atoms. The van der Waals surface area contributed by atoms with Crippen molar-refractivity contribution in [1.29, 1.82) is 0 Å². The van der Waals surface area contributed by atoms with Crippen LogP contribution in [-0.2, 0) is 0 Å². The fourth-order valence-corrected chi connectivity index (χ4v) is 1.43. The first-order chi connectivity index (χ1) is 8.93. The van der Waals surface area contributed by atoms with Gasteiger partial charge in [-0.25, -0.2) is 34.9 Å². The Bertz CT molecular complexity index is 587. The van der Waals surface area contributed by atoms with Crippen LogP contribution in [0.4, 0.5) is 0 Å². The lowest BCUT2D eigenvalue weighted by Crippen LogP contribution is -1.96. The molecule has 0 spiro atoms. The minimum atomic E-state index is 0.515. The van der Waals surface area contributed by atoms with Crippen LogP contribution in [0.25, 0.3) is 23.0 Å². The Hall–Kier alpha value is -2.83. The zero-order chi connectivity index (χ0) is 12.2. The molecule has 0 atom stereocenters. The highest BCUT2D eigenvalue weighted by Gasteiger charge is 2.06. The van der Waals surface area contributed by atoms with Gasteiger partial charge in [0, 0.05) is 0 Å². The van der Waals surface area contributed by atoms with E-state index in [0.717, 1.165) is 0 Å². The van der Waals surface area contributed by atoms with Crippen molar-refractivity contribution in [3.05, 3.63) is 43.5 Å². The maximum absolute atomic E-state index is 4.41. The summed E-state index contributed by atoms with van der Waals surface area (Å²) in [5.74, 6) is 1.03. The van der Waals surface area contributed by atoms with Crippen LogP contribution in [-0.4, -0.2) is 34.9 Å². The van der Waals surface area contributed by atoms with Gasteiger partial charge in [-0.3, -0.25) is 0 Å². The Morgan fingerprint density at radius 2 is 1.06 bits per heavy atom. The number of aromatic nitrogens is 7. The van der Waals surface area contributed by atoms with Crippen molar-refractivity contribution in [3.8, 4) is 23.0 Å². The minimum absolute atomic E-state index is 0.515. The molecule has 0 N–H and O–H groups in total. The molecule has 0 unspecified atom stereocenters. The molecule has 0 radical (unpaired) electrons. The van der Waals surface area contributed by atoms with Crippen LogP contribution < -0.4 is 0 Å². The molecule has 3 aromatic heterocycles. The van der Waals surface area contributed by atoms with E-state index in [2.05, 4.69) is 34.9 Å². The van der Waals surface area contributed by atoms with Crippen LogP contribution in [0, 0.1) is 0 Å². The Morgan fingerprint density at radius 3 is 1.50 bits per heavy atom. The lowest BCUT2D eigenvalue weighted by atomic mass is 10.3. The molecule has 0 saturated carbocycles. The zero-order valence-electron chi connectivity index (χ0n) is 9.17. The summed E-state index contributed by atoms with van der Waals surface area (Å²) in [5, 5.41) is 0. The Balaban J connectivity index is 2.05. The summed E-state index contributed by atoms with van der Waals surface area (Å²) in [6.45, 7) is 0. The van der Waals surface area contributed by atoms with Crippen LogP contribution in [0.5, 0.6) is 0 Å². The highest BCUT2D eigenvalue weighted by atomic mass is 15.0. The average molecular weight is 237 g/mol. The van der Waals surface area contributed by atoms with Gasteiger partial charge >= 0.3 is 0 Å².